The largest absolute Gasteiger partial charge is 0.295 e. The van der Waals surface area contributed by atoms with Crippen LogP contribution in [-0.4, -0.2) is 16.7 Å². The highest BCUT2D eigenvalue weighted by Crippen LogP contribution is 2.27. The normalized spacial score (nSPS) is 33.5. The molecule has 0 aromatic rings. The number of hydrogen-bond donors (Lipinski definition) is 1. The first-order valence-electron chi connectivity index (χ1n) is 3.74. The molecule has 3 nitrogen and oxygen atoms in total. The number of carbonyl (C=O) groups excluding carboxylic acids is 2. The standard InChI is InChI=1S/C8H7NO2S/c10-7-4-2-1-3-5(12)6(4)8(11)9-7/h1-2,4,6H,3H2,(H,9,10,11). The highest BCUT2D eigenvalue weighted by molar-refractivity contribution is 7.80. The fourth-order valence-electron chi connectivity index (χ4n) is 1.60. The fraction of sp³-hybridized carbons (Fsp3) is 0.375. The third kappa shape index (κ3) is 0.914. The molecule has 1 aliphatic carbocycles. The lowest BCUT2D eigenvalue weighted by Crippen LogP contribution is -2.27. The predicted octanol–water partition coefficient (Wildman–Crippen LogP) is 0.205. The highest BCUT2D eigenvalue weighted by atomic mass is 32.1. The average Bonchev–Trinajstić information content (AvgIpc) is 2.29. The van der Waals surface area contributed by atoms with Crippen molar-refractivity contribution < 1.29 is 9.59 Å². The van der Waals surface area contributed by atoms with E-state index in [2.05, 4.69) is 5.32 Å². The van der Waals surface area contributed by atoms with Crippen LogP contribution in [0.15, 0.2) is 12.2 Å². The number of amides is 2. The van der Waals surface area contributed by atoms with E-state index in [1.54, 1.807) is 6.08 Å². The molecule has 0 spiro atoms. The van der Waals surface area contributed by atoms with Crippen molar-refractivity contribution in [2.75, 3.05) is 0 Å². The van der Waals surface area contributed by atoms with E-state index in [4.69, 9.17) is 12.2 Å². The van der Waals surface area contributed by atoms with Crippen molar-refractivity contribution in [3.8, 4) is 0 Å². The van der Waals surface area contributed by atoms with Crippen LogP contribution in [0.3, 0.4) is 0 Å². The van der Waals surface area contributed by atoms with Crippen molar-refractivity contribution in [1.29, 1.82) is 0 Å². The van der Waals surface area contributed by atoms with Crippen LogP contribution in [0.2, 0.25) is 0 Å². The molecule has 1 heterocycles. The van der Waals surface area contributed by atoms with Crippen molar-refractivity contribution in [1.82, 2.24) is 5.32 Å². The summed E-state index contributed by atoms with van der Waals surface area (Å²) in [6.45, 7) is 0. The summed E-state index contributed by atoms with van der Waals surface area (Å²) in [5.74, 6) is -1.17. The molecule has 1 saturated heterocycles. The van der Waals surface area contributed by atoms with Crippen LogP contribution in [0.4, 0.5) is 0 Å². The molecule has 0 saturated carbocycles. The number of imide groups is 1. The summed E-state index contributed by atoms with van der Waals surface area (Å²) in [4.78, 5) is 23.0. The molecule has 1 aliphatic heterocycles. The first kappa shape index (κ1) is 7.61. The first-order chi connectivity index (χ1) is 5.70. The summed E-state index contributed by atoms with van der Waals surface area (Å²) < 4.78 is 0. The zero-order valence-corrected chi connectivity index (χ0v) is 7.06. The Morgan fingerprint density at radius 3 is 2.83 bits per heavy atom. The molecule has 0 aromatic carbocycles. The van der Waals surface area contributed by atoms with Gasteiger partial charge in [0.1, 0.15) is 0 Å². The molecule has 1 N–H and O–H groups in total. The Labute approximate surface area is 74.8 Å². The van der Waals surface area contributed by atoms with Crippen LogP contribution >= 0.6 is 12.2 Å². The zero-order chi connectivity index (χ0) is 8.72. The smallest absolute Gasteiger partial charge is 0.235 e. The number of hydrogen-bond acceptors (Lipinski definition) is 3. The van der Waals surface area contributed by atoms with Crippen LogP contribution < -0.4 is 5.32 Å². The third-order valence-electron chi connectivity index (χ3n) is 2.20. The minimum absolute atomic E-state index is 0.219. The van der Waals surface area contributed by atoms with Crippen LogP contribution in [0.25, 0.3) is 0 Å². The Bertz CT molecular complexity index is 300. The number of carbonyl (C=O) groups is 2. The molecular weight excluding hydrogens is 174 g/mol. The van der Waals surface area contributed by atoms with E-state index >= 15 is 0 Å². The average molecular weight is 181 g/mol. The van der Waals surface area contributed by atoms with Gasteiger partial charge in [0, 0.05) is 4.86 Å². The molecule has 1 fully saturated rings. The lowest BCUT2D eigenvalue weighted by Gasteiger charge is -2.15. The molecule has 2 aliphatic rings. The van der Waals surface area contributed by atoms with Gasteiger partial charge in [-0.15, -0.1) is 0 Å². The van der Waals surface area contributed by atoms with Gasteiger partial charge in [0.25, 0.3) is 0 Å². The number of allylic oxidation sites excluding steroid dienone is 1. The molecular formula is C8H7NO2S. The Balaban J connectivity index is 2.40. The quantitative estimate of drug-likeness (QED) is 0.330. The Morgan fingerprint density at radius 2 is 2.17 bits per heavy atom. The Morgan fingerprint density at radius 1 is 1.42 bits per heavy atom. The van der Waals surface area contributed by atoms with Gasteiger partial charge in [-0.05, 0) is 6.42 Å². The highest BCUT2D eigenvalue weighted by Gasteiger charge is 2.43. The summed E-state index contributed by atoms with van der Waals surface area (Å²) in [5, 5.41) is 2.27. The van der Waals surface area contributed by atoms with Crippen LogP contribution in [0, 0.1) is 11.8 Å². The molecule has 62 valence electrons. The number of nitrogens with one attached hydrogen (secondary N) is 1. The van der Waals surface area contributed by atoms with Gasteiger partial charge in [-0.2, -0.15) is 0 Å². The second-order valence-corrected chi connectivity index (χ2v) is 3.48. The third-order valence-corrected chi connectivity index (χ3v) is 2.62. The van der Waals surface area contributed by atoms with Crippen LogP contribution in [0.5, 0.6) is 0 Å². The van der Waals surface area contributed by atoms with Gasteiger partial charge in [-0.1, -0.05) is 24.4 Å². The maximum absolute atomic E-state index is 11.2. The van der Waals surface area contributed by atoms with E-state index in [0.717, 1.165) is 0 Å². The first-order valence-corrected chi connectivity index (χ1v) is 4.15. The number of rotatable bonds is 0. The molecule has 2 unspecified atom stereocenters. The Hall–Kier alpha value is -1.03. The van der Waals surface area contributed by atoms with Crippen molar-refractivity contribution >= 4 is 28.9 Å². The molecule has 2 atom stereocenters. The van der Waals surface area contributed by atoms with Gasteiger partial charge in [-0.25, -0.2) is 0 Å². The lowest BCUT2D eigenvalue weighted by molar-refractivity contribution is -0.125. The van der Waals surface area contributed by atoms with E-state index < -0.39 is 0 Å². The van der Waals surface area contributed by atoms with E-state index in [1.807, 2.05) is 6.08 Å². The molecule has 2 amide bonds. The van der Waals surface area contributed by atoms with Gasteiger partial charge in [0.05, 0.1) is 11.8 Å². The van der Waals surface area contributed by atoms with Gasteiger partial charge >= 0.3 is 0 Å². The lowest BCUT2D eigenvalue weighted by atomic mass is 9.86. The van der Waals surface area contributed by atoms with Crippen molar-refractivity contribution in [3.63, 3.8) is 0 Å². The zero-order valence-electron chi connectivity index (χ0n) is 6.24. The van der Waals surface area contributed by atoms with Crippen molar-refractivity contribution in [3.05, 3.63) is 12.2 Å². The monoisotopic (exact) mass is 181 g/mol. The van der Waals surface area contributed by atoms with Gasteiger partial charge in [0.2, 0.25) is 11.8 Å². The molecule has 4 heteroatoms. The van der Waals surface area contributed by atoms with Crippen LogP contribution in [0.1, 0.15) is 6.42 Å². The maximum atomic E-state index is 11.2. The fourth-order valence-corrected chi connectivity index (χ4v) is 1.95. The van der Waals surface area contributed by atoms with Gasteiger partial charge < -0.3 is 0 Å². The molecule has 0 aromatic heterocycles. The maximum Gasteiger partial charge on any atom is 0.235 e. The van der Waals surface area contributed by atoms with Crippen molar-refractivity contribution in [2.45, 2.75) is 6.42 Å². The Kier molecular flexibility index (Phi) is 1.58. The molecule has 2 rings (SSSR count). The second kappa shape index (κ2) is 2.48. The van der Waals surface area contributed by atoms with E-state index in [0.29, 0.717) is 11.3 Å². The van der Waals surface area contributed by atoms with Gasteiger partial charge in [-0.3, -0.25) is 14.9 Å². The summed E-state index contributed by atoms with van der Waals surface area (Å²) >= 11 is 5.01. The molecule has 0 bridgehead atoms. The van der Waals surface area contributed by atoms with E-state index in [9.17, 15) is 9.59 Å². The predicted molar refractivity (Wildman–Crippen MR) is 46.5 cm³/mol. The minimum Gasteiger partial charge on any atom is -0.295 e. The van der Waals surface area contributed by atoms with E-state index in [1.165, 1.54) is 0 Å². The van der Waals surface area contributed by atoms with Gasteiger partial charge in [0.15, 0.2) is 0 Å². The van der Waals surface area contributed by atoms with Crippen molar-refractivity contribution in [2.24, 2.45) is 11.8 Å². The summed E-state index contributed by atoms with van der Waals surface area (Å²) in [6.07, 6.45) is 4.25. The summed E-state index contributed by atoms with van der Waals surface area (Å²) in [5.41, 5.74) is 0. The second-order valence-electron chi connectivity index (χ2n) is 2.96. The molecule has 12 heavy (non-hydrogen) atoms. The molecule has 0 radical (unpaired) electrons. The van der Waals surface area contributed by atoms with Crippen LogP contribution in [-0.2, 0) is 9.59 Å². The number of fused-ring (bicyclic) bond motifs is 1. The van der Waals surface area contributed by atoms with E-state index in [-0.39, 0.29) is 23.7 Å². The number of thiocarbonyl (C=S) groups is 1. The minimum atomic E-state index is -0.377. The topological polar surface area (TPSA) is 46.2 Å². The SMILES string of the molecule is O=C1NC(=O)C2C(=S)CC=CC12. The summed E-state index contributed by atoms with van der Waals surface area (Å²) in [6, 6.07) is 0. The summed E-state index contributed by atoms with van der Waals surface area (Å²) in [7, 11) is 0.